The highest BCUT2D eigenvalue weighted by Gasteiger charge is 2.52. The molecule has 29 nitrogen and oxygen atoms in total. The second-order valence-electron chi connectivity index (χ2n) is 33.8. The minimum Gasteiger partial charge on any atom is -0.480 e. The molecule has 5 aliphatic heterocycles. The maximum absolute atomic E-state index is 13.9. The van der Waals surface area contributed by atoms with Crippen LogP contribution in [0, 0.1) is 11.8 Å². The number of carbonyl (C=O) groups excluding carboxylic acids is 4. The zero-order chi connectivity index (χ0) is 96.1. The highest BCUT2D eigenvalue weighted by atomic mass is 79.9. The third-order valence-corrected chi connectivity index (χ3v) is 23.2. The highest BCUT2D eigenvalue weighted by Crippen LogP contribution is 2.39. The fourth-order valence-electron chi connectivity index (χ4n) is 15.0. The summed E-state index contributed by atoms with van der Waals surface area (Å²) in [6.07, 6.45) is 14.6. The quantitative estimate of drug-likeness (QED) is 0.0274. The number of rotatable bonds is 27. The van der Waals surface area contributed by atoms with Crippen molar-refractivity contribution in [3.63, 3.8) is 0 Å². The van der Waals surface area contributed by atoms with Crippen LogP contribution in [0.25, 0.3) is 22.3 Å². The Morgan fingerprint density at radius 3 is 1.24 bits per heavy atom. The van der Waals surface area contributed by atoms with Crippen LogP contribution in [0.1, 0.15) is 193 Å². The molecule has 0 bridgehead atoms. The molecule has 131 heavy (non-hydrogen) atoms. The molecule has 8 aromatic rings. The number of aromatic nitrogens is 7. The van der Waals surface area contributed by atoms with Crippen LogP contribution in [-0.2, 0) is 86.1 Å². The van der Waals surface area contributed by atoms with E-state index in [9.17, 15) is 55.4 Å². The van der Waals surface area contributed by atoms with Crippen molar-refractivity contribution in [2.75, 3.05) is 78.5 Å². The number of nitrogens with two attached hydrogens (primary N) is 1. The summed E-state index contributed by atoms with van der Waals surface area (Å²) < 4.78 is 151. The van der Waals surface area contributed by atoms with E-state index in [0.717, 1.165) is 90.8 Å². The molecule has 5 fully saturated rings. The number of pyridine rings is 3. The molecule has 0 unspecified atom stereocenters. The summed E-state index contributed by atoms with van der Waals surface area (Å²) in [6.45, 7) is 22.3. The van der Waals surface area contributed by atoms with Crippen molar-refractivity contribution in [3.05, 3.63) is 191 Å². The third kappa shape index (κ3) is 37.1. The van der Waals surface area contributed by atoms with E-state index in [4.69, 9.17) is 45.0 Å². The molecule has 3 aromatic carbocycles. The summed E-state index contributed by atoms with van der Waals surface area (Å²) in [4.78, 5) is 93.3. The molecular formula is C92H118BBrF6N14O15S2. The smallest absolute Gasteiger partial charge is 0.480 e. The number of alkyl carbamates (subject to hydrolysis) is 1. The summed E-state index contributed by atoms with van der Waals surface area (Å²) in [7, 11) is -6.50. The minimum absolute atomic E-state index is 0.0161. The predicted octanol–water partition coefficient (Wildman–Crippen LogP) is 15.3. The van der Waals surface area contributed by atoms with Crippen LogP contribution in [0.4, 0.5) is 54.4 Å². The first kappa shape index (κ1) is 107. The SMILES string of the molecule is CC(C)(C)OC(=O)NCCc1ccc(Br)cc1.CC1(C)OB(c2ccncc2)OC1(C)C.CCC(=O)CCCC1CCN(c2cc(N3CCC[C@H]3C(=O)NCCc3ccc(-c4ccncc4)cc3)nc(C(F)(F)F)n2)CC1.CCC(=O)CCCC1CCN(c2cc(N3CCC[C@H]3C(=O)O)nc(C(F)(F)F)n2)CC1.NCCc1ccc(-c2ccncc2)cc1.O=S(=O)=O.O=S(=O)=O. The standard InChI is InChI=1S/C34H41F3N6O2.C21H29F3N4O3.C13H18BrNO2.C13H14N2.C11H16BNO2.2O3S/c1-2-28(44)6-3-5-24-15-21-42(22-16-24)30-23-31(41-33(40-30)34(35,36)37)43-20-4-7-29(43)32(45)39-19-12-25-8-10-26(11-9-25)27-13-17-38-18-14-27;1-2-15(29)6-3-5-14-8-11-27(12-9-14)17-13-18(26-20(25-17)21(22,23)24)28-10-4-7-16(28)19(30)31;1-13(2,3)17-12(16)15-9-8-10-4-6-11(14)7-5-10;14-8-5-11-1-3-12(4-2-11)13-6-9-15-10-7-13;1-10(2)11(3,4)15-12(14-10)9-5-7-13-8-6-9;2*1-4(2)3/h8-11,13-14,17-18,23-24,29H,2-7,12,15-16,19-22H2,1H3,(H,39,45);13-14,16H,2-12H2,1H3,(H,30,31);4-7H,8-9H2,1-3H3,(H,15,16);1-4,6-7,9-10H,5,8,14H2;5-8H,1-4H3;;/t29-;16-;;;;;/m00...../s1. The number of piperidine rings is 2. The molecule has 5 aromatic heterocycles. The first-order valence-corrected chi connectivity index (χ1v) is 46.5. The third-order valence-electron chi connectivity index (χ3n) is 22.7. The normalized spacial score (nSPS) is 16.4. The van der Waals surface area contributed by atoms with Gasteiger partial charge in [0.05, 0.1) is 11.2 Å². The van der Waals surface area contributed by atoms with E-state index in [1.54, 1.807) is 35.8 Å². The van der Waals surface area contributed by atoms with Crippen molar-refractivity contribution in [2.24, 2.45) is 17.6 Å². The lowest BCUT2D eigenvalue weighted by Crippen LogP contribution is -2.44. The van der Waals surface area contributed by atoms with Gasteiger partial charge in [0, 0.05) is 132 Å². The van der Waals surface area contributed by atoms with E-state index in [1.165, 1.54) is 33.2 Å². The molecule has 39 heteroatoms. The Morgan fingerprint density at radius 2 is 0.863 bits per heavy atom. The predicted molar refractivity (Wildman–Crippen MR) is 491 cm³/mol. The molecular weight excluding hydrogens is 1810 g/mol. The van der Waals surface area contributed by atoms with E-state index in [-0.39, 0.29) is 65.2 Å². The maximum atomic E-state index is 13.9. The molecule has 5 aliphatic rings. The number of aliphatic carboxylic acids is 1. The first-order chi connectivity index (χ1) is 62.0. The number of ketones is 2. The largest absolute Gasteiger partial charge is 0.494 e. The Hall–Kier alpha value is -10.7. The fourth-order valence-corrected chi connectivity index (χ4v) is 15.2. The van der Waals surface area contributed by atoms with Crippen molar-refractivity contribution < 1.29 is 94.7 Å². The van der Waals surface area contributed by atoms with Gasteiger partial charge in [0.25, 0.3) is 0 Å². The van der Waals surface area contributed by atoms with E-state index >= 15 is 0 Å². The molecule has 5 saturated heterocycles. The lowest BCUT2D eigenvalue weighted by Gasteiger charge is -2.34. The van der Waals surface area contributed by atoms with Gasteiger partial charge >= 0.3 is 52.8 Å². The highest BCUT2D eigenvalue weighted by molar-refractivity contribution is 9.10. The van der Waals surface area contributed by atoms with Crippen molar-refractivity contribution in [1.29, 1.82) is 0 Å². The monoisotopic (exact) mass is 1930 g/mol. The van der Waals surface area contributed by atoms with Crippen LogP contribution >= 0.6 is 15.9 Å². The lowest BCUT2D eigenvalue weighted by molar-refractivity contribution is -0.145. The number of ether oxygens (including phenoxy) is 1. The van der Waals surface area contributed by atoms with Gasteiger partial charge in [-0.1, -0.05) is 90.4 Å². The van der Waals surface area contributed by atoms with E-state index < -0.39 is 68.9 Å². The van der Waals surface area contributed by atoms with Gasteiger partial charge in [0.15, 0.2) is 0 Å². The number of hydrogen-bond acceptors (Lipinski definition) is 26. The summed E-state index contributed by atoms with van der Waals surface area (Å²) in [5.41, 5.74) is 13.6. The molecule has 5 N–H and O–H groups in total. The van der Waals surface area contributed by atoms with Crippen LogP contribution in [0.3, 0.4) is 0 Å². The summed E-state index contributed by atoms with van der Waals surface area (Å²) in [6, 6.07) is 38.0. The molecule has 710 valence electrons. The summed E-state index contributed by atoms with van der Waals surface area (Å²) >= 11 is 3.38. The van der Waals surface area contributed by atoms with Crippen LogP contribution in [0.5, 0.6) is 0 Å². The molecule has 2 atom stereocenters. The number of Topliss-reactive ketones (excluding diaryl/α,β-unsaturated/α-hetero) is 2. The van der Waals surface area contributed by atoms with Crippen molar-refractivity contribution in [2.45, 2.75) is 226 Å². The van der Waals surface area contributed by atoms with Gasteiger partial charge in [-0.15, -0.1) is 25.3 Å². The number of anilines is 4. The Labute approximate surface area is 773 Å². The maximum Gasteiger partial charge on any atom is 0.494 e. The number of amides is 2. The Bertz CT molecular complexity index is 5100. The number of carbonyl (C=O) groups is 5. The Balaban J connectivity index is 0.000000235. The average molecular weight is 1930 g/mol. The molecule has 0 spiro atoms. The molecule has 2 amide bonds. The second kappa shape index (κ2) is 52.5. The zero-order valence-electron chi connectivity index (χ0n) is 75.3. The number of nitrogens with zero attached hydrogens (tertiary/aromatic N) is 11. The number of carboxylic acids is 1. The van der Waals surface area contributed by atoms with E-state index in [1.807, 2.05) is 169 Å². The molecule has 0 aliphatic carbocycles. The van der Waals surface area contributed by atoms with Crippen LogP contribution in [-0.4, -0.2) is 190 Å². The topological polar surface area (TPSA) is 389 Å². The Morgan fingerprint density at radius 1 is 0.511 bits per heavy atom. The molecule has 13 rings (SSSR count). The second-order valence-corrected chi connectivity index (χ2v) is 35.5. The van der Waals surface area contributed by atoms with Gasteiger partial charge < -0.3 is 55.1 Å². The number of carboxylic acid groups (broad SMARTS) is 1. The van der Waals surface area contributed by atoms with Crippen LogP contribution < -0.4 is 41.4 Å². The van der Waals surface area contributed by atoms with E-state index in [0.29, 0.717) is 129 Å². The summed E-state index contributed by atoms with van der Waals surface area (Å²) in [5.74, 6) is -1.70. The van der Waals surface area contributed by atoms with Crippen molar-refractivity contribution >= 4 is 103 Å². The average Bonchev–Trinajstić information content (AvgIpc) is 1.55. The van der Waals surface area contributed by atoms with Gasteiger partial charge in [-0.25, -0.2) is 29.5 Å². The molecule has 10 heterocycles. The lowest BCUT2D eigenvalue weighted by atomic mass is 9.80. The number of halogens is 7. The van der Waals surface area contributed by atoms with E-state index in [2.05, 4.69) is 85.7 Å². The van der Waals surface area contributed by atoms with Crippen LogP contribution in [0.15, 0.2) is 163 Å². The zero-order valence-corrected chi connectivity index (χ0v) is 78.5. The number of alkyl halides is 6. The molecule has 0 radical (unpaired) electrons. The minimum atomic E-state index is -4.71. The number of benzene rings is 3. The fraction of sp³-hybridized carbons (Fsp3) is 0.500. The van der Waals surface area contributed by atoms with Gasteiger partial charge in [-0.05, 0) is 256 Å². The van der Waals surface area contributed by atoms with Gasteiger partial charge in [-0.3, -0.25) is 29.3 Å². The van der Waals surface area contributed by atoms with Crippen molar-refractivity contribution in [1.82, 2.24) is 45.5 Å². The van der Waals surface area contributed by atoms with Gasteiger partial charge in [0.1, 0.15) is 52.5 Å². The Kier molecular flexibility index (Phi) is 43.0. The van der Waals surface area contributed by atoms with Gasteiger partial charge in [-0.2, -0.15) is 26.3 Å². The molecule has 0 saturated carbocycles. The van der Waals surface area contributed by atoms with Crippen LogP contribution in [0.2, 0.25) is 0 Å². The number of nitrogens with one attached hydrogen (secondary N) is 2. The van der Waals surface area contributed by atoms with Gasteiger partial charge in [0.2, 0.25) is 17.6 Å². The number of hydrogen-bond donors (Lipinski definition) is 4. The van der Waals surface area contributed by atoms with Crippen molar-refractivity contribution in [3.8, 4) is 22.3 Å². The first-order valence-electron chi connectivity index (χ1n) is 43.7. The summed E-state index contributed by atoms with van der Waals surface area (Å²) in [5, 5.41) is 15.1.